The van der Waals surface area contributed by atoms with E-state index >= 15 is 0 Å². The molecule has 1 aliphatic heterocycles. The fourth-order valence-corrected chi connectivity index (χ4v) is 3.48. The monoisotopic (exact) mass is 351 g/mol. The van der Waals surface area contributed by atoms with Crippen LogP contribution in [0.1, 0.15) is 31.1 Å². The number of hydrogen-bond donors (Lipinski definition) is 2. The summed E-state index contributed by atoms with van der Waals surface area (Å²) in [5.74, 6) is 0. The van der Waals surface area contributed by atoms with Crippen molar-refractivity contribution in [3.8, 4) is 0 Å². The highest BCUT2D eigenvalue weighted by Crippen LogP contribution is 2.39. The Morgan fingerprint density at radius 1 is 1.09 bits per heavy atom. The zero-order chi connectivity index (χ0) is 16.8. The largest absolute Gasteiger partial charge is 0.307 e. The second-order valence-corrected chi connectivity index (χ2v) is 6.85. The second kappa shape index (κ2) is 5.80. The maximum atomic E-state index is 10.8. The zero-order valence-electron chi connectivity index (χ0n) is 12.7. The molecule has 0 spiro atoms. The van der Waals surface area contributed by atoms with Crippen molar-refractivity contribution in [2.24, 2.45) is 0 Å². The van der Waals surface area contributed by atoms with Crippen molar-refractivity contribution in [3.05, 3.63) is 69.7 Å². The fraction of sp³-hybridized carbons (Fsp3) is 0.235. The lowest BCUT2D eigenvalue weighted by molar-refractivity contribution is -0.816. The molecule has 2 N–H and O–H groups in total. The first-order valence-corrected chi connectivity index (χ1v) is 7.93. The van der Waals surface area contributed by atoms with Crippen LogP contribution in [0.2, 0.25) is 10.0 Å². The minimum Gasteiger partial charge on any atom is -0.307 e. The van der Waals surface area contributed by atoms with Gasteiger partial charge in [0.2, 0.25) is 0 Å². The Balaban J connectivity index is 2.17. The molecule has 0 aromatic heterocycles. The fourth-order valence-electron chi connectivity index (χ4n) is 2.98. The Kier molecular flexibility index (Phi) is 4.10. The molecular weight excluding hydrogens is 335 g/mol. The average Bonchev–Trinajstić information content (AvgIpc) is 2.67. The Labute approximate surface area is 144 Å². The number of hydroxylamine groups is 3. The van der Waals surface area contributed by atoms with E-state index < -0.39 is 11.7 Å². The molecule has 2 aromatic carbocycles. The van der Waals surface area contributed by atoms with Crippen LogP contribution in [0.3, 0.4) is 0 Å². The summed E-state index contributed by atoms with van der Waals surface area (Å²) in [4.78, 5) is 0. The number of nitrogens with zero attached hydrogens (tertiary/aromatic N) is 2. The van der Waals surface area contributed by atoms with Crippen molar-refractivity contribution in [1.29, 1.82) is 0 Å². The maximum absolute atomic E-state index is 10.8. The highest BCUT2D eigenvalue weighted by Gasteiger charge is 2.56. The molecule has 1 atom stereocenters. The van der Waals surface area contributed by atoms with E-state index in [1.807, 2.05) is 44.2 Å². The van der Waals surface area contributed by atoms with Crippen LogP contribution in [0.15, 0.2) is 48.5 Å². The highest BCUT2D eigenvalue weighted by molar-refractivity contribution is 6.35. The Hall–Kier alpha value is -1.59. The van der Waals surface area contributed by atoms with Gasteiger partial charge in [0.15, 0.2) is 0 Å². The molecule has 0 saturated heterocycles. The molecule has 4 nitrogen and oxygen atoms in total. The number of hydrogen-bond acceptors (Lipinski definition) is 3. The SMILES string of the molecule is CC1(C)C(c2ccccc2)=[N+](O)C(c2ccc(Cl)cc2Cl)N1O. The summed E-state index contributed by atoms with van der Waals surface area (Å²) in [5.41, 5.74) is 1.19. The average molecular weight is 352 g/mol. The normalized spacial score (nSPS) is 21.0. The van der Waals surface area contributed by atoms with Gasteiger partial charge < -0.3 is 5.21 Å². The van der Waals surface area contributed by atoms with Crippen LogP contribution < -0.4 is 0 Å². The van der Waals surface area contributed by atoms with Gasteiger partial charge in [0.05, 0.1) is 10.6 Å². The number of benzene rings is 2. The van der Waals surface area contributed by atoms with E-state index in [0.29, 0.717) is 21.3 Å². The van der Waals surface area contributed by atoms with Gasteiger partial charge in [-0.25, -0.2) is 0 Å². The smallest absolute Gasteiger partial charge is 0.307 e. The standard InChI is InChI=1S/C17H17Cl2N2O2/c1-17(2)15(11-6-4-3-5-7-11)20(22)16(21(17)23)13-9-8-12(18)10-14(13)19/h3-10,16,22-23H,1-2H3/q+1. The molecule has 0 saturated carbocycles. The molecule has 3 rings (SSSR count). The molecule has 0 bridgehead atoms. The third-order valence-electron chi connectivity index (χ3n) is 4.13. The summed E-state index contributed by atoms with van der Waals surface area (Å²) in [7, 11) is 0. The minimum absolute atomic E-state index is 0.380. The van der Waals surface area contributed by atoms with Crippen LogP contribution in [0.25, 0.3) is 0 Å². The molecule has 6 heteroatoms. The van der Waals surface area contributed by atoms with E-state index in [1.165, 1.54) is 0 Å². The Bertz CT molecular complexity index is 775. The van der Waals surface area contributed by atoms with Crippen molar-refractivity contribution >= 4 is 28.9 Å². The molecule has 0 amide bonds. The Morgan fingerprint density at radius 2 is 1.74 bits per heavy atom. The van der Waals surface area contributed by atoms with Crippen LogP contribution in [-0.2, 0) is 0 Å². The van der Waals surface area contributed by atoms with Crippen LogP contribution >= 0.6 is 23.2 Å². The Morgan fingerprint density at radius 3 is 2.35 bits per heavy atom. The second-order valence-electron chi connectivity index (χ2n) is 6.00. The van der Waals surface area contributed by atoms with Gasteiger partial charge in [0, 0.05) is 15.3 Å². The van der Waals surface area contributed by atoms with E-state index in [9.17, 15) is 10.4 Å². The third kappa shape index (κ3) is 2.62. The van der Waals surface area contributed by atoms with Gasteiger partial charge in [0.1, 0.15) is 5.54 Å². The van der Waals surface area contributed by atoms with Gasteiger partial charge in [-0.05, 0) is 44.2 Å². The van der Waals surface area contributed by atoms with Gasteiger partial charge in [0.25, 0.3) is 5.71 Å². The van der Waals surface area contributed by atoms with Crippen LogP contribution in [0.4, 0.5) is 0 Å². The lowest BCUT2D eigenvalue weighted by Crippen LogP contribution is -2.44. The lowest BCUT2D eigenvalue weighted by atomic mass is 9.93. The maximum Gasteiger partial charge on any atom is 0.307 e. The first-order valence-electron chi connectivity index (χ1n) is 7.18. The molecule has 0 fully saturated rings. The molecule has 1 unspecified atom stereocenters. The summed E-state index contributed by atoms with van der Waals surface area (Å²) >= 11 is 12.2. The van der Waals surface area contributed by atoms with Gasteiger partial charge >= 0.3 is 6.17 Å². The lowest BCUT2D eigenvalue weighted by Gasteiger charge is -2.24. The molecule has 2 aromatic rings. The number of halogens is 2. The third-order valence-corrected chi connectivity index (χ3v) is 4.69. The van der Waals surface area contributed by atoms with Crippen molar-refractivity contribution < 1.29 is 15.2 Å². The van der Waals surface area contributed by atoms with Gasteiger partial charge in [-0.1, -0.05) is 41.4 Å². The van der Waals surface area contributed by atoms with Crippen molar-refractivity contribution in [2.45, 2.75) is 25.6 Å². The van der Waals surface area contributed by atoms with Crippen molar-refractivity contribution in [2.75, 3.05) is 0 Å². The minimum atomic E-state index is -0.815. The topological polar surface area (TPSA) is 46.7 Å². The van der Waals surface area contributed by atoms with E-state index in [0.717, 1.165) is 15.4 Å². The predicted octanol–water partition coefficient (Wildman–Crippen LogP) is 4.37. The van der Waals surface area contributed by atoms with Gasteiger partial charge in [-0.15, -0.1) is 5.06 Å². The van der Waals surface area contributed by atoms with Crippen LogP contribution in [0, 0.1) is 0 Å². The molecule has 1 aliphatic rings. The molecule has 0 aliphatic carbocycles. The van der Waals surface area contributed by atoms with Gasteiger partial charge in [-0.3, -0.25) is 5.21 Å². The van der Waals surface area contributed by atoms with E-state index in [2.05, 4.69) is 0 Å². The molecular formula is C17H17Cl2N2O2+. The molecule has 0 radical (unpaired) electrons. The zero-order valence-corrected chi connectivity index (χ0v) is 14.3. The van der Waals surface area contributed by atoms with Crippen LogP contribution in [0.5, 0.6) is 0 Å². The summed E-state index contributed by atoms with van der Waals surface area (Å²) in [6, 6.07) is 14.4. The quantitative estimate of drug-likeness (QED) is 0.623. The summed E-state index contributed by atoms with van der Waals surface area (Å²) < 4.78 is 1.06. The van der Waals surface area contributed by atoms with E-state index in [4.69, 9.17) is 23.2 Å². The molecule has 23 heavy (non-hydrogen) atoms. The molecule has 120 valence electrons. The summed E-state index contributed by atoms with van der Waals surface area (Å²) in [6.45, 7) is 3.67. The summed E-state index contributed by atoms with van der Waals surface area (Å²) in [6.07, 6.45) is -0.815. The first-order chi connectivity index (χ1) is 10.8. The predicted molar refractivity (Wildman–Crippen MR) is 89.5 cm³/mol. The van der Waals surface area contributed by atoms with Crippen molar-refractivity contribution in [1.82, 2.24) is 5.06 Å². The first kappa shape index (κ1) is 16.3. The van der Waals surface area contributed by atoms with E-state index in [-0.39, 0.29) is 0 Å². The summed E-state index contributed by atoms with van der Waals surface area (Å²) in [5, 5.41) is 23.4. The van der Waals surface area contributed by atoms with Crippen molar-refractivity contribution in [3.63, 3.8) is 0 Å². The highest BCUT2D eigenvalue weighted by atomic mass is 35.5. The van der Waals surface area contributed by atoms with Crippen LogP contribution in [-0.4, -0.2) is 31.5 Å². The number of rotatable bonds is 2. The molecule has 1 heterocycles. The van der Waals surface area contributed by atoms with Gasteiger partial charge in [-0.2, -0.15) is 0 Å². The van der Waals surface area contributed by atoms with E-state index in [1.54, 1.807) is 18.2 Å².